The second kappa shape index (κ2) is 14.0. The van der Waals surface area contributed by atoms with E-state index in [0.717, 1.165) is 31.5 Å². The van der Waals surface area contributed by atoms with Crippen LogP contribution in [0.15, 0.2) is 4.99 Å². The molecular formula is C19H40IN5. The van der Waals surface area contributed by atoms with Crippen LogP contribution in [-0.2, 0) is 0 Å². The molecule has 0 aromatic heterocycles. The zero-order valence-electron chi connectivity index (χ0n) is 16.4. The zero-order chi connectivity index (χ0) is 17.0. The van der Waals surface area contributed by atoms with E-state index in [1.165, 1.54) is 77.5 Å². The van der Waals surface area contributed by atoms with Crippen LogP contribution in [0, 0.1) is 5.92 Å². The van der Waals surface area contributed by atoms with Crippen molar-refractivity contribution in [2.24, 2.45) is 10.9 Å². The Hall–Kier alpha value is -0.0800. The lowest BCUT2D eigenvalue weighted by Gasteiger charge is -2.21. The molecule has 1 heterocycles. The molecule has 6 heteroatoms. The molecule has 0 atom stereocenters. The maximum Gasteiger partial charge on any atom is 0.191 e. The summed E-state index contributed by atoms with van der Waals surface area (Å²) in [5.41, 5.74) is 0. The van der Waals surface area contributed by atoms with Crippen LogP contribution in [0.5, 0.6) is 0 Å². The molecule has 1 saturated heterocycles. The summed E-state index contributed by atoms with van der Waals surface area (Å²) in [7, 11) is 4.09. The molecule has 0 bridgehead atoms. The summed E-state index contributed by atoms with van der Waals surface area (Å²) in [6.07, 6.45) is 11.2. The average molecular weight is 465 g/mol. The fraction of sp³-hybridized carbons (Fsp3) is 0.947. The Labute approximate surface area is 172 Å². The second-order valence-corrected chi connectivity index (χ2v) is 7.57. The summed E-state index contributed by atoms with van der Waals surface area (Å²) in [5, 5.41) is 6.93. The van der Waals surface area contributed by atoms with E-state index in [9.17, 15) is 0 Å². The second-order valence-electron chi connectivity index (χ2n) is 7.57. The minimum absolute atomic E-state index is 0. The van der Waals surface area contributed by atoms with E-state index in [1.54, 1.807) is 0 Å². The van der Waals surface area contributed by atoms with Gasteiger partial charge in [-0.2, -0.15) is 0 Å². The lowest BCUT2D eigenvalue weighted by atomic mass is 10.0. The Kier molecular flexibility index (Phi) is 12.9. The van der Waals surface area contributed by atoms with Gasteiger partial charge < -0.3 is 20.4 Å². The number of unbranched alkanes of at least 4 members (excludes halogenated alkanes) is 1. The van der Waals surface area contributed by atoms with Crippen LogP contribution in [0.4, 0.5) is 0 Å². The topological polar surface area (TPSA) is 42.9 Å². The molecule has 1 aliphatic carbocycles. The normalized spacial score (nSPS) is 21.0. The molecule has 2 N–H and O–H groups in total. The molecule has 5 nitrogen and oxygen atoms in total. The molecule has 148 valence electrons. The van der Waals surface area contributed by atoms with Gasteiger partial charge >= 0.3 is 0 Å². The number of hydrogen-bond donors (Lipinski definition) is 2. The van der Waals surface area contributed by atoms with Gasteiger partial charge in [-0.1, -0.05) is 38.5 Å². The molecule has 1 aliphatic heterocycles. The predicted octanol–water partition coefficient (Wildman–Crippen LogP) is 2.77. The van der Waals surface area contributed by atoms with Crippen molar-refractivity contribution in [2.45, 2.75) is 51.4 Å². The minimum atomic E-state index is 0. The lowest BCUT2D eigenvalue weighted by Crippen LogP contribution is -2.42. The number of likely N-dealkylation sites (N-methyl/N-ethyl adjacent to an activating group) is 1. The minimum Gasteiger partial charge on any atom is -0.356 e. The van der Waals surface area contributed by atoms with Gasteiger partial charge in [0.05, 0.1) is 0 Å². The molecular weight excluding hydrogens is 425 g/mol. The highest BCUT2D eigenvalue weighted by molar-refractivity contribution is 14.0. The highest BCUT2D eigenvalue weighted by Crippen LogP contribution is 2.28. The number of aliphatic imine (C=N–C) groups is 1. The monoisotopic (exact) mass is 465 g/mol. The Morgan fingerprint density at radius 1 is 0.960 bits per heavy atom. The molecule has 2 fully saturated rings. The molecule has 25 heavy (non-hydrogen) atoms. The molecule has 1 saturated carbocycles. The van der Waals surface area contributed by atoms with Crippen molar-refractivity contribution in [3.8, 4) is 0 Å². The van der Waals surface area contributed by atoms with Gasteiger partial charge in [-0.05, 0) is 38.9 Å². The van der Waals surface area contributed by atoms with E-state index >= 15 is 0 Å². The van der Waals surface area contributed by atoms with Crippen LogP contribution in [0.1, 0.15) is 51.4 Å². The zero-order valence-corrected chi connectivity index (χ0v) is 18.8. The third-order valence-electron chi connectivity index (χ3n) is 5.56. The third-order valence-corrected chi connectivity index (χ3v) is 5.56. The van der Waals surface area contributed by atoms with E-state index in [1.807, 2.05) is 7.05 Å². The van der Waals surface area contributed by atoms with Crippen LogP contribution >= 0.6 is 24.0 Å². The van der Waals surface area contributed by atoms with Gasteiger partial charge in [0.25, 0.3) is 0 Å². The molecule has 0 unspecified atom stereocenters. The first-order valence-electron chi connectivity index (χ1n) is 10.1. The summed E-state index contributed by atoms with van der Waals surface area (Å²) < 4.78 is 0. The summed E-state index contributed by atoms with van der Waals surface area (Å²) in [4.78, 5) is 9.33. The molecule has 0 aromatic carbocycles. The summed E-state index contributed by atoms with van der Waals surface area (Å²) in [6, 6.07) is 0. The SMILES string of the molecule is CN=C(NCCCCC1CCCC1)NCCN1CCCN(C)CC1.I. The Morgan fingerprint density at radius 3 is 2.48 bits per heavy atom. The fourth-order valence-corrected chi connectivity index (χ4v) is 3.94. The van der Waals surface area contributed by atoms with Crippen LogP contribution in [0.2, 0.25) is 0 Å². The fourth-order valence-electron chi connectivity index (χ4n) is 3.94. The summed E-state index contributed by atoms with van der Waals surface area (Å²) in [6.45, 7) is 7.95. The van der Waals surface area contributed by atoms with Crippen LogP contribution in [0.25, 0.3) is 0 Å². The molecule has 0 spiro atoms. The van der Waals surface area contributed by atoms with Gasteiger partial charge in [0.2, 0.25) is 0 Å². The van der Waals surface area contributed by atoms with Gasteiger partial charge in [-0.3, -0.25) is 4.99 Å². The third kappa shape index (κ3) is 9.99. The quantitative estimate of drug-likeness (QED) is 0.251. The number of nitrogens with zero attached hydrogens (tertiary/aromatic N) is 3. The number of halogens is 1. The van der Waals surface area contributed by atoms with E-state index in [0.29, 0.717) is 0 Å². The van der Waals surface area contributed by atoms with Crippen LogP contribution < -0.4 is 10.6 Å². The van der Waals surface area contributed by atoms with Gasteiger partial charge in [-0.15, -0.1) is 24.0 Å². The molecule has 0 amide bonds. The molecule has 0 aromatic rings. The van der Waals surface area contributed by atoms with Crippen molar-refractivity contribution in [1.29, 1.82) is 0 Å². The van der Waals surface area contributed by atoms with Gasteiger partial charge in [0.15, 0.2) is 5.96 Å². The number of rotatable bonds is 8. The maximum atomic E-state index is 4.34. The summed E-state index contributed by atoms with van der Waals surface area (Å²) in [5.74, 6) is 1.98. The van der Waals surface area contributed by atoms with Crippen molar-refractivity contribution >= 4 is 29.9 Å². The van der Waals surface area contributed by atoms with Gasteiger partial charge in [0.1, 0.15) is 0 Å². The van der Waals surface area contributed by atoms with Crippen molar-refractivity contribution in [1.82, 2.24) is 20.4 Å². The van der Waals surface area contributed by atoms with Gasteiger partial charge in [0, 0.05) is 39.8 Å². The van der Waals surface area contributed by atoms with Crippen molar-refractivity contribution < 1.29 is 0 Å². The Balaban J connectivity index is 0.00000312. The smallest absolute Gasteiger partial charge is 0.191 e. The molecule has 2 aliphatic rings. The van der Waals surface area contributed by atoms with Crippen molar-refractivity contribution in [3.05, 3.63) is 0 Å². The molecule has 0 radical (unpaired) electrons. The van der Waals surface area contributed by atoms with Crippen molar-refractivity contribution in [3.63, 3.8) is 0 Å². The van der Waals surface area contributed by atoms with Crippen LogP contribution in [0.3, 0.4) is 0 Å². The Bertz CT molecular complexity index is 358. The van der Waals surface area contributed by atoms with E-state index in [4.69, 9.17) is 0 Å². The highest BCUT2D eigenvalue weighted by Gasteiger charge is 2.14. The highest BCUT2D eigenvalue weighted by atomic mass is 127. The van der Waals surface area contributed by atoms with E-state index < -0.39 is 0 Å². The summed E-state index contributed by atoms with van der Waals surface area (Å²) >= 11 is 0. The van der Waals surface area contributed by atoms with Gasteiger partial charge in [-0.25, -0.2) is 0 Å². The van der Waals surface area contributed by atoms with E-state index in [2.05, 4.69) is 32.5 Å². The molecule has 2 rings (SSSR count). The van der Waals surface area contributed by atoms with Crippen LogP contribution in [-0.4, -0.2) is 75.7 Å². The largest absolute Gasteiger partial charge is 0.356 e. The van der Waals surface area contributed by atoms with E-state index in [-0.39, 0.29) is 24.0 Å². The van der Waals surface area contributed by atoms with Crippen molar-refractivity contribution in [2.75, 3.05) is 59.9 Å². The number of guanidine groups is 1. The first-order valence-corrected chi connectivity index (χ1v) is 10.1. The average Bonchev–Trinajstić information content (AvgIpc) is 3.02. The number of hydrogen-bond acceptors (Lipinski definition) is 3. The predicted molar refractivity (Wildman–Crippen MR) is 119 cm³/mol. The standard InChI is InChI=1S/C19H39N5.HI/c1-20-19(21-11-6-5-10-18-8-3-4-9-18)22-12-15-24-14-7-13-23(2)16-17-24;/h18H,3-17H2,1-2H3,(H2,20,21,22);1H. The number of nitrogens with one attached hydrogen (secondary N) is 2. The Morgan fingerprint density at radius 2 is 1.72 bits per heavy atom. The first kappa shape index (κ1) is 23.0. The maximum absolute atomic E-state index is 4.34. The lowest BCUT2D eigenvalue weighted by molar-refractivity contribution is 0.280. The first-order chi connectivity index (χ1) is 11.8.